The molecule has 14 heavy (non-hydrogen) atoms. The van der Waals surface area contributed by atoms with Crippen LogP contribution < -0.4 is 5.73 Å². The first-order chi connectivity index (χ1) is 6.79. The summed E-state index contributed by atoms with van der Waals surface area (Å²) in [6, 6.07) is 0.509. The minimum absolute atomic E-state index is 0.509. The van der Waals surface area contributed by atoms with Crippen molar-refractivity contribution >= 4 is 11.8 Å². The Morgan fingerprint density at radius 1 is 1.64 bits per heavy atom. The van der Waals surface area contributed by atoms with Crippen molar-refractivity contribution in [3.8, 4) is 0 Å². The van der Waals surface area contributed by atoms with E-state index in [-0.39, 0.29) is 0 Å². The molecule has 3 nitrogen and oxygen atoms in total. The number of thioether (sulfide) groups is 1. The molecule has 4 heteroatoms. The summed E-state index contributed by atoms with van der Waals surface area (Å²) in [6.45, 7) is 4.99. The lowest BCUT2D eigenvalue weighted by atomic mass is 10.2. The third kappa shape index (κ3) is 3.03. The van der Waals surface area contributed by atoms with Crippen LogP contribution in [0.15, 0.2) is 12.5 Å². The van der Waals surface area contributed by atoms with E-state index in [4.69, 9.17) is 5.73 Å². The third-order valence-electron chi connectivity index (χ3n) is 2.31. The number of aromatic nitrogens is 2. The predicted octanol–water partition coefficient (Wildman–Crippen LogP) is 2.05. The lowest BCUT2D eigenvalue weighted by Gasteiger charge is -2.15. The van der Waals surface area contributed by atoms with Gasteiger partial charge in [-0.15, -0.1) is 0 Å². The molecule has 1 aromatic rings. The quantitative estimate of drug-likeness (QED) is 0.735. The Kier molecular flexibility index (Phi) is 5.04. The van der Waals surface area contributed by atoms with Crippen molar-refractivity contribution in [1.29, 1.82) is 0 Å². The Labute approximate surface area is 90.1 Å². The fourth-order valence-corrected chi connectivity index (χ4v) is 2.22. The maximum absolute atomic E-state index is 5.62. The number of nitrogens with zero attached hydrogens (tertiary/aromatic N) is 2. The number of hydrogen-bond donors (Lipinski definition) is 1. The van der Waals surface area contributed by atoms with Crippen LogP contribution in [0, 0.1) is 0 Å². The molecule has 0 saturated heterocycles. The van der Waals surface area contributed by atoms with Crippen LogP contribution in [0.25, 0.3) is 0 Å². The molecule has 0 aliphatic heterocycles. The van der Waals surface area contributed by atoms with E-state index in [1.807, 2.05) is 24.3 Å². The van der Waals surface area contributed by atoms with Gasteiger partial charge in [-0.3, -0.25) is 0 Å². The van der Waals surface area contributed by atoms with E-state index in [2.05, 4.69) is 23.4 Å². The van der Waals surface area contributed by atoms with Gasteiger partial charge in [0.1, 0.15) is 0 Å². The van der Waals surface area contributed by atoms with Gasteiger partial charge in [0.25, 0.3) is 0 Å². The molecule has 0 saturated carbocycles. The lowest BCUT2D eigenvalue weighted by Crippen LogP contribution is -2.11. The Hall–Kier alpha value is -0.480. The van der Waals surface area contributed by atoms with Crippen molar-refractivity contribution in [2.45, 2.75) is 32.9 Å². The van der Waals surface area contributed by atoms with E-state index >= 15 is 0 Å². The number of hydrogen-bond acceptors (Lipinski definition) is 3. The summed E-state index contributed by atoms with van der Waals surface area (Å²) < 4.78 is 2.18. The smallest absolute Gasteiger partial charge is 0.0951 e. The van der Waals surface area contributed by atoms with Crippen LogP contribution in [0.4, 0.5) is 0 Å². The normalized spacial score (nSPS) is 13.1. The topological polar surface area (TPSA) is 43.8 Å². The second-order valence-corrected chi connectivity index (χ2v) is 4.72. The molecule has 0 bridgehead atoms. The lowest BCUT2D eigenvalue weighted by molar-refractivity contribution is 0.516. The summed E-state index contributed by atoms with van der Waals surface area (Å²) in [4.78, 5) is 4.12. The fraction of sp³-hybridized carbons (Fsp3) is 0.700. The summed E-state index contributed by atoms with van der Waals surface area (Å²) in [7, 11) is 0. The van der Waals surface area contributed by atoms with Gasteiger partial charge in [0.2, 0.25) is 0 Å². The predicted molar refractivity (Wildman–Crippen MR) is 62.4 cm³/mol. The zero-order chi connectivity index (χ0) is 10.4. The molecule has 0 aliphatic rings. The molecule has 0 aromatic carbocycles. The zero-order valence-corrected chi connectivity index (χ0v) is 9.76. The van der Waals surface area contributed by atoms with Crippen LogP contribution in [0.1, 0.15) is 32.0 Å². The Balaban J connectivity index is 2.47. The van der Waals surface area contributed by atoms with Crippen LogP contribution in [0.3, 0.4) is 0 Å². The first-order valence-corrected chi connectivity index (χ1v) is 6.23. The van der Waals surface area contributed by atoms with Crippen LogP contribution >= 0.6 is 11.8 Å². The minimum Gasteiger partial charge on any atom is -0.331 e. The second-order valence-electron chi connectivity index (χ2n) is 3.33. The second kappa shape index (κ2) is 6.09. The SMILES string of the molecule is CCSCCC(C)n1cncc1CN. The van der Waals surface area contributed by atoms with Crippen molar-refractivity contribution in [3.63, 3.8) is 0 Å². The molecule has 1 rings (SSSR count). The highest BCUT2D eigenvalue weighted by Gasteiger charge is 2.07. The van der Waals surface area contributed by atoms with Gasteiger partial charge >= 0.3 is 0 Å². The van der Waals surface area contributed by atoms with Crippen LogP contribution in [0.5, 0.6) is 0 Å². The molecule has 0 amide bonds. The first kappa shape index (κ1) is 11.6. The number of imidazole rings is 1. The maximum atomic E-state index is 5.62. The number of rotatable bonds is 6. The molecule has 0 spiro atoms. The van der Waals surface area contributed by atoms with E-state index in [0.717, 1.165) is 5.69 Å². The first-order valence-electron chi connectivity index (χ1n) is 5.08. The third-order valence-corrected chi connectivity index (χ3v) is 3.25. The van der Waals surface area contributed by atoms with Gasteiger partial charge in [-0.05, 0) is 24.9 Å². The maximum Gasteiger partial charge on any atom is 0.0951 e. The average Bonchev–Trinajstić information content (AvgIpc) is 2.65. The Morgan fingerprint density at radius 2 is 2.43 bits per heavy atom. The van der Waals surface area contributed by atoms with E-state index < -0.39 is 0 Å². The number of nitrogens with two attached hydrogens (primary N) is 1. The van der Waals surface area contributed by atoms with E-state index in [0.29, 0.717) is 12.6 Å². The van der Waals surface area contributed by atoms with Gasteiger partial charge in [0.15, 0.2) is 0 Å². The highest BCUT2D eigenvalue weighted by atomic mass is 32.2. The monoisotopic (exact) mass is 213 g/mol. The van der Waals surface area contributed by atoms with Crippen LogP contribution in [-0.2, 0) is 6.54 Å². The largest absolute Gasteiger partial charge is 0.331 e. The summed E-state index contributed by atoms with van der Waals surface area (Å²) in [5.41, 5.74) is 6.75. The van der Waals surface area contributed by atoms with Crippen molar-refractivity contribution < 1.29 is 0 Å². The molecular weight excluding hydrogens is 194 g/mol. The van der Waals surface area contributed by atoms with E-state index in [1.54, 1.807) is 0 Å². The zero-order valence-electron chi connectivity index (χ0n) is 8.94. The summed E-state index contributed by atoms with van der Waals surface area (Å²) in [5.74, 6) is 2.40. The van der Waals surface area contributed by atoms with E-state index in [1.165, 1.54) is 17.9 Å². The molecular formula is C10H19N3S. The van der Waals surface area contributed by atoms with Gasteiger partial charge < -0.3 is 10.3 Å². The van der Waals surface area contributed by atoms with Crippen molar-refractivity contribution in [2.75, 3.05) is 11.5 Å². The van der Waals surface area contributed by atoms with Crippen LogP contribution in [0.2, 0.25) is 0 Å². The molecule has 0 radical (unpaired) electrons. The molecule has 1 atom stereocenters. The average molecular weight is 213 g/mol. The van der Waals surface area contributed by atoms with Crippen molar-refractivity contribution in [1.82, 2.24) is 9.55 Å². The van der Waals surface area contributed by atoms with Gasteiger partial charge in [0.05, 0.1) is 12.0 Å². The molecule has 1 aromatic heterocycles. The van der Waals surface area contributed by atoms with Gasteiger partial charge in [0, 0.05) is 18.8 Å². The Bertz CT molecular complexity index is 260. The standard InChI is InChI=1S/C10H19N3S/c1-3-14-5-4-9(2)13-8-12-7-10(13)6-11/h7-9H,3-6,11H2,1-2H3. The van der Waals surface area contributed by atoms with Crippen molar-refractivity contribution in [2.24, 2.45) is 5.73 Å². The van der Waals surface area contributed by atoms with Gasteiger partial charge in [-0.2, -0.15) is 11.8 Å². The van der Waals surface area contributed by atoms with Gasteiger partial charge in [-0.25, -0.2) is 4.98 Å². The van der Waals surface area contributed by atoms with E-state index in [9.17, 15) is 0 Å². The molecule has 80 valence electrons. The fourth-order valence-electron chi connectivity index (χ4n) is 1.42. The summed E-state index contributed by atoms with van der Waals surface area (Å²) >= 11 is 1.98. The molecule has 0 fully saturated rings. The summed E-state index contributed by atoms with van der Waals surface area (Å²) in [6.07, 6.45) is 4.91. The highest BCUT2D eigenvalue weighted by Crippen LogP contribution is 2.16. The molecule has 1 heterocycles. The highest BCUT2D eigenvalue weighted by molar-refractivity contribution is 7.99. The molecule has 2 N–H and O–H groups in total. The Morgan fingerprint density at radius 3 is 3.07 bits per heavy atom. The summed E-state index contributed by atoms with van der Waals surface area (Å²) in [5, 5.41) is 0. The molecule has 0 aliphatic carbocycles. The van der Waals surface area contributed by atoms with Gasteiger partial charge in [-0.1, -0.05) is 6.92 Å². The minimum atomic E-state index is 0.509. The van der Waals surface area contributed by atoms with Crippen LogP contribution in [-0.4, -0.2) is 21.1 Å². The van der Waals surface area contributed by atoms with Crippen molar-refractivity contribution in [3.05, 3.63) is 18.2 Å². The molecule has 1 unspecified atom stereocenters.